The number of imide groups is 1. The van der Waals surface area contributed by atoms with Gasteiger partial charge in [0.15, 0.2) is 0 Å². The Hall–Kier alpha value is -2.86. The van der Waals surface area contributed by atoms with E-state index < -0.39 is 17.5 Å². The summed E-state index contributed by atoms with van der Waals surface area (Å²) in [6.45, 7) is 2.89. The van der Waals surface area contributed by atoms with Crippen LogP contribution in [-0.4, -0.2) is 47.3 Å². The quantitative estimate of drug-likeness (QED) is 0.672. The summed E-state index contributed by atoms with van der Waals surface area (Å²) in [6.07, 6.45) is 3.21. The van der Waals surface area contributed by atoms with Crippen molar-refractivity contribution in [2.24, 2.45) is 5.92 Å². The smallest absolute Gasteiger partial charge is 0.325 e. The van der Waals surface area contributed by atoms with Crippen molar-refractivity contribution >= 4 is 29.4 Å². The summed E-state index contributed by atoms with van der Waals surface area (Å²) in [4.78, 5) is 41.7. The Labute approximate surface area is 193 Å². The number of likely N-dealkylation sites (tertiary alicyclic amines) is 1. The SMILES string of the molecule is CC[C@]1(c2cccc(Cl)c2)NC(=O)N(CC(=O)N2CCC(Cc3ccccc3)CC2)C1=O. The van der Waals surface area contributed by atoms with Crippen molar-refractivity contribution < 1.29 is 14.4 Å². The Balaban J connectivity index is 1.38. The predicted octanol–water partition coefficient (Wildman–Crippen LogP) is 3.98. The standard InChI is InChI=1S/C25H28ClN3O3/c1-2-25(20-9-6-10-21(26)16-20)23(31)29(24(32)27-25)17-22(30)28-13-11-19(12-14-28)15-18-7-4-3-5-8-18/h3-10,16,19H,2,11-15,17H2,1H3,(H,27,32)/t25-/m1/s1. The van der Waals surface area contributed by atoms with Crippen LogP contribution in [0.15, 0.2) is 54.6 Å². The summed E-state index contributed by atoms with van der Waals surface area (Å²) in [6, 6.07) is 16.8. The van der Waals surface area contributed by atoms with Gasteiger partial charge >= 0.3 is 6.03 Å². The van der Waals surface area contributed by atoms with Crippen LogP contribution in [0.1, 0.15) is 37.3 Å². The van der Waals surface area contributed by atoms with Crippen LogP contribution in [0.25, 0.3) is 0 Å². The van der Waals surface area contributed by atoms with Gasteiger partial charge in [-0.1, -0.05) is 61.0 Å². The first-order valence-corrected chi connectivity index (χ1v) is 11.5. The monoisotopic (exact) mass is 453 g/mol. The average Bonchev–Trinajstić information content (AvgIpc) is 3.05. The third-order valence-corrected chi connectivity index (χ3v) is 6.89. The van der Waals surface area contributed by atoms with Crippen molar-refractivity contribution in [3.05, 3.63) is 70.7 Å². The second-order valence-corrected chi connectivity index (χ2v) is 9.04. The molecule has 0 bridgehead atoms. The fourth-order valence-electron chi connectivity index (χ4n) is 4.73. The molecule has 0 radical (unpaired) electrons. The lowest BCUT2D eigenvalue weighted by Gasteiger charge is -2.33. The van der Waals surface area contributed by atoms with Gasteiger partial charge in [0, 0.05) is 18.1 Å². The van der Waals surface area contributed by atoms with E-state index in [-0.39, 0.29) is 12.5 Å². The number of nitrogens with zero attached hydrogens (tertiary/aromatic N) is 2. The molecule has 2 aromatic carbocycles. The van der Waals surface area contributed by atoms with Crippen LogP contribution in [0.3, 0.4) is 0 Å². The van der Waals surface area contributed by atoms with Gasteiger partial charge in [0.25, 0.3) is 5.91 Å². The van der Waals surface area contributed by atoms with E-state index in [2.05, 4.69) is 17.4 Å². The summed E-state index contributed by atoms with van der Waals surface area (Å²) in [7, 11) is 0. The molecule has 0 aromatic heterocycles. The number of carbonyl (C=O) groups is 3. The van der Waals surface area contributed by atoms with Crippen LogP contribution in [0.2, 0.25) is 5.02 Å². The average molecular weight is 454 g/mol. The largest absolute Gasteiger partial charge is 0.341 e. The van der Waals surface area contributed by atoms with Gasteiger partial charge in [-0.3, -0.25) is 14.5 Å². The topological polar surface area (TPSA) is 69.7 Å². The molecule has 2 aliphatic rings. The van der Waals surface area contributed by atoms with E-state index in [0.29, 0.717) is 36.0 Å². The summed E-state index contributed by atoms with van der Waals surface area (Å²) in [5.41, 5.74) is 0.751. The maximum Gasteiger partial charge on any atom is 0.325 e. The second-order valence-electron chi connectivity index (χ2n) is 8.60. The zero-order chi connectivity index (χ0) is 22.7. The maximum absolute atomic E-state index is 13.3. The van der Waals surface area contributed by atoms with Crippen LogP contribution in [0.5, 0.6) is 0 Å². The summed E-state index contributed by atoms with van der Waals surface area (Å²) < 4.78 is 0. The highest BCUT2D eigenvalue weighted by Gasteiger charge is 2.52. The molecule has 2 aromatic rings. The lowest BCUT2D eigenvalue weighted by atomic mass is 9.87. The predicted molar refractivity (Wildman–Crippen MR) is 123 cm³/mol. The van der Waals surface area contributed by atoms with E-state index in [1.54, 1.807) is 29.2 Å². The minimum absolute atomic E-state index is 0.190. The molecular formula is C25H28ClN3O3. The minimum atomic E-state index is -1.19. The maximum atomic E-state index is 13.3. The molecule has 2 fully saturated rings. The second kappa shape index (κ2) is 9.33. The van der Waals surface area contributed by atoms with Gasteiger partial charge in [0.05, 0.1) is 0 Å². The first-order chi connectivity index (χ1) is 15.4. The van der Waals surface area contributed by atoms with Crippen molar-refractivity contribution in [3.8, 4) is 0 Å². The molecule has 0 unspecified atom stereocenters. The van der Waals surface area contributed by atoms with E-state index in [1.165, 1.54) is 5.56 Å². The van der Waals surface area contributed by atoms with E-state index >= 15 is 0 Å². The summed E-state index contributed by atoms with van der Waals surface area (Å²) in [5, 5.41) is 3.30. The van der Waals surface area contributed by atoms with Crippen molar-refractivity contribution in [2.75, 3.05) is 19.6 Å². The zero-order valence-electron chi connectivity index (χ0n) is 18.2. The van der Waals surface area contributed by atoms with Gasteiger partial charge in [0.2, 0.25) is 5.91 Å². The molecule has 2 aliphatic heterocycles. The fourth-order valence-corrected chi connectivity index (χ4v) is 4.92. The van der Waals surface area contributed by atoms with Gasteiger partial charge < -0.3 is 10.2 Å². The number of nitrogens with one attached hydrogen (secondary N) is 1. The highest BCUT2D eigenvalue weighted by Crippen LogP contribution is 2.33. The van der Waals surface area contributed by atoms with Crippen LogP contribution in [0, 0.1) is 5.92 Å². The number of hydrogen-bond acceptors (Lipinski definition) is 3. The van der Waals surface area contributed by atoms with Crippen molar-refractivity contribution in [1.82, 2.24) is 15.1 Å². The Morgan fingerprint density at radius 3 is 2.47 bits per heavy atom. The van der Waals surface area contributed by atoms with Crippen molar-refractivity contribution in [3.63, 3.8) is 0 Å². The molecule has 0 spiro atoms. The van der Waals surface area contributed by atoms with Crippen LogP contribution in [0.4, 0.5) is 4.79 Å². The first kappa shape index (κ1) is 22.3. The van der Waals surface area contributed by atoms with E-state index in [0.717, 1.165) is 24.2 Å². The van der Waals surface area contributed by atoms with Gasteiger partial charge in [-0.15, -0.1) is 0 Å². The molecule has 7 heteroatoms. The molecule has 2 heterocycles. The molecule has 4 amide bonds. The van der Waals surface area contributed by atoms with Crippen molar-refractivity contribution in [1.29, 1.82) is 0 Å². The number of urea groups is 1. The molecule has 0 aliphatic carbocycles. The fraction of sp³-hybridized carbons (Fsp3) is 0.400. The molecule has 1 N–H and O–H groups in total. The third-order valence-electron chi connectivity index (χ3n) is 6.65. The van der Waals surface area contributed by atoms with Gasteiger partial charge in [-0.2, -0.15) is 0 Å². The Bertz CT molecular complexity index is 1000. The highest BCUT2D eigenvalue weighted by molar-refractivity contribution is 6.30. The number of carbonyl (C=O) groups excluding carboxylic acids is 3. The normalized spacial score (nSPS) is 21.7. The van der Waals surface area contributed by atoms with E-state index in [9.17, 15) is 14.4 Å². The zero-order valence-corrected chi connectivity index (χ0v) is 19.0. The summed E-state index contributed by atoms with van der Waals surface area (Å²) in [5.74, 6) is -0.0574. The number of hydrogen-bond donors (Lipinski definition) is 1. The molecule has 2 saturated heterocycles. The van der Waals surface area contributed by atoms with Crippen molar-refractivity contribution in [2.45, 2.75) is 38.1 Å². The molecule has 32 heavy (non-hydrogen) atoms. The number of halogens is 1. The summed E-state index contributed by atoms with van der Waals surface area (Å²) >= 11 is 6.11. The van der Waals surface area contributed by atoms with Gasteiger partial charge in [0.1, 0.15) is 12.1 Å². The molecule has 4 rings (SSSR count). The van der Waals surface area contributed by atoms with Gasteiger partial charge in [-0.05, 0) is 54.9 Å². The molecule has 1 atom stereocenters. The Morgan fingerprint density at radius 2 is 1.81 bits per heavy atom. The lowest BCUT2D eigenvalue weighted by Crippen LogP contribution is -2.47. The molecule has 0 saturated carbocycles. The van der Waals surface area contributed by atoms with E-state index in [4.69, 9.17) is 11.6 Å². The number of piperidine rings is 1. The minimum Gasteiger partial charge on any atom is -0.341 e. The van der Waals surface area contributed by atoms with Crippen LogP contribution < -0.4 is 5.32 Å². The first-order valence-electron chi connectivity index (χ1n) is 11.1. The molecular weight excluding hydrogens is 426 g/mol. The Morgan fingerprint density at radius 1 is 1.09 bits per heavy atom. The molecule has 168 valence electrons. The third kappa shape index (κ3) is 4.37. The number of benzene rings is 2. The Kier molecular flexibility index (Phi) is 6.51. The van der Waals surface area contributed by atoms with E-state index in [1.807, 2.05) is 25.1 Å². The van der Waals surface area contributed by atoms with Gasteiger partial charge in [-0.25, -0.2) is 4.79 Å². The van der Waals surface area contributed by atoms with Crippen LogP contribution >= 0.6 is 11.6 Å². The number of amides is 4. The highest BCUT2D eigenvalue weighted by atomic mass is 35.5. The van der Waals surface area contributed by atoms with Crippen LogP contribution in [-0.2, 0) is 21.5 Å². The number of rotatable bonds is 6. The molecule has 6 nitrogen and oxygen atoms in total. The lowest BCUT2D eigenvalue weighted by molar-refractivity contribution is -0.140.